The Hall–Kier alpha value is -2.18. The lowest BCUT2D eigenvalue weighted by molar-refractivity contribution is 0.148. The van der Waals surface area contributed by atoms with Gasteiger partial charge in [-0.1, -0.05) is 27.7 Å². The van der Waals surface area contributed by atoms with Crippen LogP contribution in [0.4, 0.5) is 20.6 Å². The van der Waals surface area contributed by atoms with Gasteiger partial charge in [0, 0.05) is 42.5 Å². The zero-order chi connectivity index (χ0) is 24.5. The van der Waals surface area contributed by atoms with Crippen molar-refractivity contribution >= 4 is 39.0 Å². The van der Waals surface area contributed by atoms with Crippen LogP contribution >= 0.6 is 11.3 Å². The van der Waals surface area contributed by atoms with Gasteiger partial charge in [-0.2, -0.15) is 13.5 Å². The highest BCUT2D eigenvalue weighted by atomic mass is 32.2. The maximum atomic E-state index is 14.3. The number of urea groups is 1. The highest BCUT2D eigenvalue weighted by Gasteiger charge is 2.37. The van der Waals surface area contributed by atoms with E-state index in [4.69, 9.17) is 0 Å². The molecule has 1 aliphatic rings. The highest BCUT2D eigenvalue weighted by molar-refractivity contribution is 7.91. The molecule has 0 spiro atoms. The van der Waals surface area contributed by atoms with E-state index in [9.17, 15) is 17.6 Å². The van der Waals surface area contributed by atoms with E-state index in [0.29, 0.717) is 12.2 Å². The molecule has 3 heterocycles. The molecule has 1 aliphatic heterocycles. The summed E-state index contributed by atoms with van der Waals surface area (Å²) in [5.74, 6) is 0.452. The zero-order valence-corrected chi connectivity index (χ0v) is 21.5. The Labute approximate surface area is 199 Å². The van der Waals surface area contributed by atoms with Crippen LogP contribution in [0, 0.1) is 0 Å². The fourth-order valence-corrected chi connectivity index (χ4v) is 6.43. The lowest BCUT2D eigenvalue weighted by Gasteiger charge is -2.38. The summed E-state index contributed by atoms with van der Waals surface area (Å²) in [4.78, 5) is 16.6. The van der Waals surface area contributed by atoms with E-state index >= 15 is 0 Å². The monoisotopic (exact) mass is 500 g/mol. The Morgan fingerprint density at radius 1 is 1.24 bits per heavy atom. The highest BCUT2D eigenvalue weighted by Crippen LogP contribution is 2.37. The second-order valence-electron chi connectivity index (χ2n) is 9.17. The molecule has 2 N–H and O–H groups in total. The molecule has 3 rings (SSSR count). The van der Waals surface area contributed by atoms with Gasteiger partial charge in [0.1, 0.15) is 6.17 Å². The number of amides is 2. The molecule has 12 heteroatoms. The van der Waals surface area contributed by atoms with Crippen molar-refractivity contribution in [3.63, 3.8) is 0 Å². The normalized spacial score (nSPS) is 19.8. The van der Waals surface area contributed by atoms with Gasteiger partial charge in [0.05, 0.1) is 23.6 Å². The molecule has 0 saturated carbocycles. The first kappa shape index (κ1) is 25.4. The minimum atomic E-state index is -4.34. The van der Waals surface area contributed by atoms with Crippen LogP contribution < -0.4 is 14.3 Å². The van der Waals surface area contributed by atoms with Crippen molar-refractivity contribution in [1.82, 2.24) is 19.4 Å². The van der Waals surface area contributed by atoms with Crippen LogP contribution in [-0.2, 0) is 17.3 Å². The molecule has 1 fully saturated rings. The Morgan fingerprint density at radius 2 is 1.94 bits per heavy atom. The van der Waals surface area contributed by atoms with Crippen LogP contribution in [0.15, 0.2) is 18.5 Å². The largest absolute Gasteiger partial charge is 0.334 e. The van der Waals surface area contributed by atoms with Gasteiger partial charge in [0.15, 0.2) is 0 Å². The van der Waals surface area contributed by atoms with E-state index in [0.717, 1.165) is 14.1 Å². The number of rotatable bonds is 7. The predicted octanol–water partition coefficient (Wildman–Crippen LogP) is 3.64. The number of carbonyl (C=O) groups is 1. The van der Waals surface area contributed by atoms with Crippen molar-refractivity contribution in [2.75, 3.05) is 29.8 Å². The number of halogens is 1. The Morgan fingerprint density at radius 3 is 2.48 bits per heavy atom. The standard InChI is InChI=1S/C21H33FN6O3S2/c1-13(2)19-8-18(20(32-19)14(3)4)24-21(29)25-33(30,31)28(17-9-23-27(6)12-17)16-7-15(22)10-26(5)11-16/h8-9,12-16H,7,10-11H2,1-6H3,(H2,24,25,29)/t15-,16+/m0/s1. The number of anilines is 2. The number of nitrogens with zero attached hydrogens (tertiary/aromatic N) is 4. The lowest BCUT2D eigenvalue weighted by Crippen LogP contribution is -2.56. The molecule has 0 bridgehead atoms. The number of carbonyl (C=O) groups excluding carboxylic acids is 1. The van der Waals surface area contributed by atoms with E-state index in [1.54, 1.807) is 30.3 Å². The first-order chi connectivity index (χ1) is 15.4. The molecule has 0 aliphatic carbocycles. The summed E-state index contributed by atoms with van der Waals surface area (Å²) in [7, 11) is -0.941. The number of likely N-dealkylation sites (N-methyl/N-ethyl adjacent to an activating group) is 1. The second kappa shape index (κ2) is 9.98. The van der Waals surface area contributed by atoms with Gasteiger partial charge in [-0.05, 0) is 24.9 Å². The summed E-state index contributed by atoms with van der Waals surface area (Å²) in [6, 6.07) is 0.340. The molecular formula is C21H33FN6O3S2. The number of aromatic nitrogens is 2. The Balaban J connectivity index is 1.86. The summed E-state index contributed by atoms with van der Waals surface area (Å²) in [6.45, 7) is 8.74. The van der Waals surface area contributed by atoms with Gasteiger partial charge >= 0.3 is 16.2 Å². The maximum absolute atomic E-state index is 14.3. The second-order valence-corrected chi connectivity index (χ2v) is 11.8. The van der Waals surface area contributed by atoms with Crippen LogP contribution in [0.25, 0.3) is 0 Å². The van der Waals surface area contributed by atoms with Crippen molar-refractivity contribution in [1.29, 1.82) is 0 Å². The quantitative estimate of drug-likeness (QED) is 0.605. The van der Waals surface area contributed by atoms with E-state index in [1.807, 2.05) is 19.9 Å². The Kier molecular flexibility index (Phi) is 7.69. The number of hydrogen-bond acceptors (Lipinski definition) is 6. The molecule has 1 saturated heterocycles. The average Bonchev–Trinajstić information content (AvgIpc) is 3.27. The third-order valence-electron chi connectivity index (χ3n) is 5.44. The third-order valence-corrected chi connectivity index (χ3v) is 8.65. The van der Waals surface area contributed by atoms with E-state index < -0.39 is 28.5 Å². The third kappa shape index (κ3) is 6.04. The fourth-order valence-electron chi connectivity index (χ4n) is 4.00. The van der Waals surface area contributed by atoms with Gasteiger partial charge in [-0.25, -0.2) is 18.2 Å². The van der Waals surface area contributed by atoms with Crippen LogP contribution in [0.1, 0.15) is 55.7 Å². The van der Waals surface area contributed by atoms with Crippen molar-refractivity contribution in [3.8, 4) is 0 Å². The number of hydrogen-bond donors (Lipinski definition) is 2. The molecule has 2 aromatic rings. The van der Waals surface area contributed by atoms with Crippen molar-refractivity contribution < 1.29 is 17.6 Å². The topological polar surface area (TPSA) is 99.6 Å². The van der Waals surface area contributed by atoms with Crippen molar-refractivity contribution in [3.05, 3.63) is 28.2 Å². The van der Waals surface area contributed by atoms with Gasteiger partial charge in [0.25, 0.3) is 0 Å². The molecule has 0 aromatic carbocycles. The van der Waals surface area contributed by atoms with Gasteiger partial charge in [-0.3, -0.25) is 4.68 Å². The summed E-state index contributed by atoms with van der Waals surface area (Å²) in [5, 5.41) is 6.76. The molecule has 0 radical (unpaired) electrons. The molecule has 2 amide bonds. The van der Waals surface area contributed by atoms with Gasteiger partial charge in [0.2, 0.25) is 0 Å². The zero-order valence-electron chi connectivity index (χ0n) is 19.9. The Bertz CT molecular complexity index is 1070. The molecular weight excluding hydrogens is 467 g/mol. The number of piperidine rings is 1. The molecule has 0 unspecified atom stereocenters. The van der Waals surface area contributed by atoms with Crippen molar-refractivity contribution in [2.45, 2.75) is 58.2 Å². The number of thiophene rings is 1. The smallest absolute Gasteiger partial charge is 0.306 e. The molecule has 2 atom stereocenters. The summed E-state index contributed by atoms with van der Waals surface area (Å²) < 4.78 is 45.7. The van der Waals surface area contributed by atoms with Crippen LogP contribution in [0.3, 0.4) is 0 Å². The average molecular weight is 501 g/mol. The lowest BCUT2D eigenvalue weighted by atomic mass is 10.0. The number of likely N-dealkylation sites (tertiary alicyclic amines) is 1. The van der Waals surface area contributed by atoms with Crippen LogP contribution in [0.2, 0.25) is 0 Å². The fraction of sp³-hybridized carbons (Fsp3) is 0.619. The van der Waals surface area contributed by atoms with E-state index in [2.05, 4.69) is 29.0 Å². The van der Waals surface area contributed by atoms with Crippen LogP contribution in [-0.4, -0.2) is 61.5 Å². The van der Waals surface area contributed by atoms with E-state index in [1.165, 1.54) is 17.1 Å². The van der Waals surface area contributed by atoms with Gasteiger partial charge in [-0.15, -0.1) is 11.3 Å². The van der Waals surface area contributed by atoms with Gasteiger partial charge < -0.3 is 10.2 Å². The summed E-state index contributed by atoms with van der Waals surface area (Å²) in [6.07, 6.45) is 1.78. The van der Waals surface area contributed by atoms with E-state index in [-0.39, 0.29) is 30.5 Å². The number of alkyl halides is 1. The number of aryl methyl sites for hydroxylation is 1. The molecule has 33 heavy (non-hydrogen) atoms. The number of nitrogens with one attached hydrogen (secondary N) is 2. The predicted molar refractivity (Wildman–Crippen MR) is 130 cm³/mol. The van der Waals surface area contributed by atoms with Crippen molar-refractivity contribution in [2.24, 2.45) is 7.05 Å². The molecule has 2 aromatic heterocycles. The summed E-state index contributed by atoms with van der Waals surface area (Å²) in [5.41, 5.74) is 0.867. The molecule has 9 nitrogen and oxygen atoms in total. The SMILES string of the molecule is CC(C)c1cc(NC(=O)NS(=O)(=O)N(c2cnn(C)c2)[C@@H]2C[C@H](F)CN(C)C2)c(C(C)C)s1. The molecule has 184 valence electrons. The minimum Gasteiger partial charge on any atom is -0.306 e. The summed E-state index contributed by atoms with van der Waals surface area (Å²) >= 11 is 1.60. The maximum Gasteiger partial charge on any atom is 0.334 e. The van der Waals surface area contributed by atoms with Crippen LogP contribution in [0.5, 0.6) is 0 Å². The first-order valence-corrected chi connectivity index (χ1v) is 13.2. The first-order valence-electron chi connectivity index (χ1n) is 11.0. The minimum absolute atomic E-state index is 0.0293.